The Balaban J connectivity index is 1.88. The third-order valence-corrected chi connectivity index (χ3v) is 6.34. The van der Waals surface area contributed by atoms with Gasteiger partial charge < -0.3 is 10.2 Å². The standard InChI is InChI=1S/C33H32O6/c1-2-3-4-23-5-11-26(12-6-23)33(27-13-7-24(8-14-27)21-29(34)17-19-31(36)37)28-15-9-25(10-16-28)22-30(35)18-20-32(38)39/h5-20,33H,2-4,21-22H2,1H3,(H,36,37)(H,38,39)/b19-17+,20-18+. The van der Waals surface area contributed by atoms with Crippen LogP contribution in [0.15, 0.2) is 97.1 Å². The summed E-state index contributed by atoms with van der Waals surface area (Å²) in [6.45, 7) is 2.17. The lowest BCUT2D eigenvalue weighted by atomic mass is 9.83. The zero-order chi connectivity index (χ0) is 28.2. The number of carbonyl (C=O) groups is 4. The molecule has 6 nitrogen and oxygen atoms in total. The lowest BCUT2D eigenvalue weighted by Gasteiger charge is -2.20. The summed E-state index contributed by atoms with van der Waals surface area (Å²) in [4.78, 5) is 45.5. The van der Waals surface area contributed by atoms with Crippen LogP contribution in [0.2, 0.25) is 0 Å². The van der Waals surface area contributed by atoms with E-state index < -0.39 is 11.9 Å². The molecule has 0 radical (unpaired) electrons. The molecule has 0 aliphatic heterocycles. The van der Waals surface area contributed by atoms with E-state index in [0.717, 1.165) is 71.4 Å². The van der Waals surface area contributed by atoms with Gasteiger partial charge in [-0.25, -0.2) is 9.59 Å². The van der Waals surface area contributed by atoms with Crippen LogP contribution in [0.5, 0.6) is 0 Å². The Morgan fingerprint density at radius 1 is 0.590 bits per heavy atom. The van der Waals surface area contributed by atoms with E-state index in [0.29, 0.717) is 0 Å². The molecule has 0 amide bonds. The summed E-state index contributed by atoms with van der Waals surface area (Å²) in [5.74, 6) is -2.97. The first-order valence-electron chi connectivity index (χ1n) is 12.9. The molecule has 0 unspecified atom stereocenters. The van der Waals surface area contributed by atoms with Crippen LogP contribution < -0.4 is 0 Å². The van der Waals surface area contributed by atoms with Gasteiger partial charge in [-0.1, -0.05) is 86.1 Å². The number of allylic oxidation sites excluding steroid dienone is 2. The van der Waals surface area contributed by atoms with Crippen LogP contribution in [-0.4, -0.2) is 33.7 Å². The Hall–Kier alpha value is -4.58. The molecule has 0 saturated heterocycles. The first-order chi connectivity index (χ1) is 18.7. The molecule has 39 heavy (non-hydrogen) atoms. The van der Waals surface area contributed by atoms with Crippen LogP contribution in [-0.2, 0) is 38.4 Å². The Morgan fingerprint density at radius 3 is 1.28 bits per heavy atom. The molecule has 2 N–H and O–H groups in total. The second-order valence-electron chi connectivity index (χ2n) is 9.39. The molecule has 3 aromatic rings. The largest absolute Gasteiger partial charge is 0.478 e. The molecule has 6 heteroatoms. The second-order valence-corrected chi connectivity index (χ2v) is 9.39. The molecule has 0 heterocycles. The number of aryl methyl sites for hydroxylation is 1. The summed E-state index contributed by atoms with van der Waals surface area (Å²) in [5.41, 5.74) is 6.03. The number of benzene rings is 3. The van der Waals surface area contributed by atoms with Crippen molar-refractivity contribution in [3.8, 4) is 0 Å². The van der Waals surface area contributed by atoms with E-state index in [1.54, 1.807) is 0 Å². The number of aliphatic carboxylic acids is 2. The quantitative estimate of drug-likeness (QED) is 0.206. The monoisotopic (exact) mass is 524 g/mol. The Bertz CT molecular complexity index is 1270. The zero-order valence-electron chi connectivity index (χ0n) is 21.9. The molecular weight excluding hydrogens is 492 g/mol. The van der Waals surface area contributed by atoms with E-state index in [-0.39, 0.29) is 30.3 Å². The normalized spacial score (nSPS) is 11.3. The van der Waals surface area contributed by atoms with Gasteiger partial charge in [0.05, 0.1) is 0 Å². The summed E-state index contributed by atoms with van der Waals surface area (Å²) in [5, 5.41) is 17.5. The third-order valence-electron chi connectivity index (χ3n) is 6.34. The lowest BCUT2D eigenvalue weighted by Crippen LogP contribution is -2.06. The molecule has 0 spiro atoms. The molecule has 0 aliphatic rings. The van der Waals surface area contributed by atoms with Crippen molar-refractivity contribution in [2.75, 3.05) is 0 Å². The van der Waals surface area contributed by atoms with Crippen LogP contribution in [0, 0.1) is 0 Å². The van der Waals surface area contributed by atoms with Crippen LogP contribution in [0.1, 0.15) is 59.1 Å². The number of hydrogen-bond donors (Lipinski definition) is 2. The van der Waals surface area contributed by atoms with Crippen LogP contribution in [0.4, 0.5) is 0 Å². The van der Waals surface area contributed by atoms with Gasteiger partial charge in [0, 0.05) is 30.9 Å². The topological polar surface area (TPSA) is 109 Å². The van der Waals surface area contributed by atoms with Crippen molar-refractivity contribution >= 4 is 23.5 Å². The fourth-order valence-electron chi connectivity index (χ4n) is 4.34. The van der Waals surface area contributed by atoms with Gasteiger partial charge in [0.15, 0.2) is 11.6 Å². The SMILES string of the molecule is CCCCc1ccc(C(c2ccc(CC(=O)/C=C/C(=O)O)cc2)c2ccc(CC(=O)/C=C/C(=O)O)cc2)cc1. The maximum Gasteiger partial charge on any atom is 0.328 e. The number of ketones is 2. The molecule has 0 aliphatic carbocycles. The molecule has 3 rings (SSSR count). The minimum atomic E-state index is -1.16. The molecule has 0 bridgehead atoms. The lowest BCUT2D eigenvalue weighted by molar-refractivity contribution is -0.132. The van der Waals surface area contributed by atoms with Crippen molar-refractivity contribution in [1.82, 2.24) is 0 Å². The van der Waals surface area contributed by atoms with Crippen molar-refractivity contribution in [2.24, 2.45) is 0 Å². The van der Waals surface area contributed by atoms with E-state index >= 15 is 0 Å². The summed E-state index contributed by atoms with van der Waals surface area (Å²) in [6.07, 6.45) is 7.34. The van der Waals surface area contributed by atoms with Gasteiger partial charge in [-0.15, -0.1) is 0 Å². The summed E-state index contributed by atoms with van der Waals surface area (Å²) >= 11 is 0. The highest BCUT2D eigenvalue weighted by molar-refractivity contribution is 5.97. The van der Waals surface area contributed by atoms with E-state index in [4.69, 9.17) is 10.2 Å². The molecule has 0 aromatic heterocycles. The van der Waals surface area contributed by atoms with Gasteiger partial charge in [-0.3, -0.25) is 9.59 Å². The molecular formula is C33H32O6. The number of rotatable bonds is 14. The van der Waals surface area contributed by atoms with E-state index in [9.17, 15) is 19.2 Å². The number of carbonyl (C=O) groups excluding carboxylic acids is 2. The molecule has 0 atom stereocenters. The van der Waals surface area contributed by atoms with E-state index in [1.807, 2.05) is 48.5 Å². The zero-order valence-corrected chi connectivity index (χ0v) is 21.9. The van der Waals surface area contributed by atoms with E-state index in [1.165, 1.54) is 5.56 Å². The van der Waals surface area contributed by atoms with Crippen LogP contribution in [0.25, 0.3) is 0 Å². The van der Waals surface area contributed by atoms with Gasteiger partial charge in [0.2, 0.25) is 0 Å². The van der Waals surface area contributed by atoms with E-state index in [2.05, 4.69) is 31.2 Å². The number of unbranched alkanes of at least 4 members (excludes halogenated alkanes) is 1. The Kier molecular flexibility index (Phi) is 10.7. The summed E-state index contributed by atoms with van der Waals surface area (Å²) in [7, 11) is 0. The number of carboxylic acids is 2. The van der Waals surface area contributed by atoms with Gasteiger partial charge in [0.25, 0.3) is 0 Å². The predicted octanol–water partition coefficient (Wildman–Crippen LogP) is 5.71. The first kappa shape index (κ1) is 29.0. The minimum absolute atomic E-state index is 0.0847. The van der Waals surface area contributed by atoms with Crippen molar-refractivity contribution in [3.63, 3.8) is 0 Å². The van der Waals surface area contributed by atoms with Gasteiger partial charge in [0.1, 0.15) is 0 Å². The van der Waals surface area contributed by atoms with Gasteiger partial charge in [-0.05, 0) is 58.4 Å². The first-order valence-corrected chi connectivity index (χ1v) is 12.9. The average Bonchev–Trinajstić information content (AvgIpc) is 2.92. The average molecular weight is 525 g/mol. The Labute approximate surface area is 228 Å². The maximum absolute atomic E-state index is 12.1. The van der Waals surface area contributed by atoms with Crippen molar-refractivity contribution in [3.05, 3.63) is 130 Å². The van der Waals surface area contributed by atoms with Crippen molar-refractivity contribution in [1.29, 1.82) is 0 Å². The highest BCUT2D eigenvalue weighted by Crippen LogP contribution is 2.33. The molecule has 200 valence electrons. The summed E-state index contributed by atoms with van der Waals surface area (Å²) < 4.78 is 0. The summed E-state index contributed by atoms with van der Waals surface area (Å²) in [6, 6.07) is 24.0. The minimum Gasteiger partial charge on any atom is -0.478 e. The highest BCUT2D eigenvalue weighted by Gasteiger charge is 2.17. The Morgan fingerprint density at radius 2 is 0.949 bits per heavy atom. The van der Waals surface area contributed by atoms with Crippen LogP contribution >= 0.6 is 0 Å². The molecule has 0 saturated carbocycles. The van der Waals surface area contributed by atoms with Crippen LogP contribution in [0.3, 0.4) is 0 Å². The highest BCUT2D eigenvalue weighted by atomic mass is 16.4. The maximum atomic E-state index is 12.1. The smallest absolute Gasteiger partial charge is 0.328 e. The molecule has 3 aromatic carbocycles. The van der Waals surface area contributed by atoms with Gasteiger partial charge >= 0.3 is 11.9 Å². The number of carboxylic acid groups (broad SMARTS) is 2. The third kappa shape index (κ3) is 9.34. The van der Waals surface area contributed by atoms with Gasteiger partial charge in [-0.2, -0.15) is 0 Å². The van der Waals surface area contributed by atoms with Crippen molar-refractivity contribution < 1.29 is 29.4 Å². The second kappa shape index (κ2) is 14.4. The number of hydrogen-bond acceptors (Lipinski definition) is 4. The fraction of sp³-hybridized carbons (Fsp3) is 0.212. The predicted molar refractivity (Wildman–Crippen MR) is 150 cm³/mol. The fourth-order valence-corrected chi connectivity index (χ4v) is 4.34. The molecule has 0 fully saturated rings. The van der Waals surface area contributed by atoms with Crippen molar-refractivity contribution in [2.45, 2.75) is 44.9 Å².